The van der Waals surface area contributed by atoms with Crippen molar-refractivity contribution in [3.63, 3.8) is 0 Å². The summed E-state index contributed by atoms with van der Waals surface area (Å²) in [5, 5.41) is 4.50. The highest BCUT2D eigenvalue weighted by molar-refractivity contribution is 6.24. The lowest BCUT2D eigenvalue weighted by atomic mass is 9.94. The molecule has 0 aliphatic rings. The number of hydrogen-bond donors (Lipinski definition) is 0. The zero-order chi connectivity index (χ0) is 45.6. The van der Waals surface area contributed by atoms with Crippen LogP contribution in [0.5, 0.6) is 0 Å². The Kier molecular flexibility index (Phi) is 10.2. The molecule has 0 amide bonds. The van der Waals surface area contributed by atoms with E-state index in [1.165, 1.54) is 0 Å². The van der Waals surface area contributed by atoms with Crippen LogP contribution >= 0.6 is 0 Å². The fraction of sp³-hybridized carbons (Fsp3) is 0.0323. The lowest BCUT2D eigenvalue weighted by molar-refractivity contribution is 0.932. The number of fused-ring (bicyclic) bond motifs is 7. The fourth-order valence-electron chi connectivity index (χ4n) is 9.82. The van der Waals surface area contributed by atoms with Gasteiger partial charge in [-0.05, 0) is 60.9 Å². The molecule has 0 unspecified atom stereocenters. The minimum absolute atomic E-state index is 0.546. The second kappa shape index (κ2) is 17.1. The summed E-state index contributed by atoms with van der Waals surface area (Å²) in [4.78, 5) is 21.2. The Morgan fingerprint density at radius 1 is 0.397 bits per heavy atom. The number of para-hydroxylation sites is 3. The van der Waals surface area contributed by atoms with Crippen LogP contribution < -0.4 is 0 Å². The number of aromatic nitrogens is 6. The maximum atomic E-state index is 5.42. The highest BCUT2D eigenvalue weighted by atomic mass is 15.2. The van der Waals surface area contributed by atoms with Crippen LogP contribution in [0.2, 0.25) is 0 Å². The molecule has 8 aromatic carbocycles. The highest BCUT2D eigenvalue weighted by Crippen LogP contribution is 2.44. The van der Waals surface area contributed by atoms with Gasteiger partial charge >= 0.3 is 0 Å². The molecule has 0 saturated heterocycles. The van der Waals surface area contributed by atoms with Crippen LogP contribution in [0.25, 0.3) is 117 Å². The molecule has 0 spiro atoms. The Bertz CT molecular complexity index is 3920. The molecule has 0 bridgehead atoms. The van der Waals surface area contributed by atoms with E-state index in [1.54, 1.807) is 0 Å². The summed E-state index contributed by atoms with van der Waals surface area (Å²) in [6.07, 6.45) is 6.14. The standard InChI is InChI=1S/C62H44N6/c1-3-22-41(4-2)60-64-61(44-27-12-7-13-28-44)66-62(65-60)68-57-36-21-18-33-50(57)52-38-37-51-49-32-17-20-35-56(49)67(58(51)59(52)68)55-34-19-16-30-47(55)45-39-53(43-25-10-6-11-26-43)63-54(40-45)48-31-15-14-29-46(48)42-23-8-5-9-24-42/h3-40H,1-2H3/b22-3-,41-4+. The monoisotopic (exact) mass is 872 g/mol. The molecule has 12 rings (SSSR count). The van der Waals surface area contributed by atoms with Crippen LogP contribution in [0.1, 0.15) is 19.7 Å². The summed E-state index contributed by atoms with van der Waals surface area (Å²) in [6, 6.07) is 75.0. The van der Waals surface area contributed by atoms with Crippen molar-refractivity contribution in [2.24, 2.45) is 0 Å². The van der Waals surface area contributed by atoms with Gasteiger partial charge < -0.3 is 4.57 Å². The minimum Gasteiger partial charge on any atom is -0.307 e. The molecule has 322 valence electrons. The number of allylic oxidation sites excluding steroid dienone is 4. The van der Waals surface area contributed by atoms with Crippen LogP contribution in [-0.4, -0.2) is 29.1 Å². The van der Waals surface area contributed by atoms with E-state index >= 15 is 0 Å². The first-order valence-electron chi connectivity index (χ1n) is 23.1. The summed E-state index contributed by atoms with van der Waals surface area (Å²) >= 11 is 0. The SMILES string of the molecule is C/C=C\C(=C/C)c1nc(-c2ccccc2)nc(-n2c3ccccc3c3ccc4c5ccccc5n(-c5ccccc5-c5cc(-c6ccccc6)nc(-c6ccccc6-c6ccccc6)c5)c4c32)n1. The maximum Gasteiger partial charge on any atom is 0.238 e. The van der Waals surface area contributed by atoms with Crippen molar-refractivity contribution >= 4 is 49.2 Å². The molecule has 4 aromatic heterocycles. The molecule has 0 radical (unpaired) electrons. The van der Waals surface area contributed by atoms with Gasteiger partial charge in [0.25, 0.3) is 0 Å². The van der Waals surface area contributed by atoms with Crippen molar-refractivity contribution in [3.8, 4) is 67.8 Å². The third-order valence-corrected chi connectivity index (χ3v) is 12.9. The Balaban J connectivity index is 1.18. The first kappa shape index (κ1) is 40.5. The van der Waals surface area contributed by atoms with Crippen LogP contribution in [0.15, 0.2) is 231 Å². The molecule has 0 saturated carbocycles. The van der Waals surface area contributed by atoms with E-state index in [-0.39, 0.29) is 0 Å². The number of hydrogen-bond acceptors (Lipinski definition) is 4. The molecule has 6 nitrogen and oxygen atoms in total. The fourth-order valence-corrected chi connectivity index (χ4v) is 9.82. The number of rotatable bonds is 9. The Morgan fingerprint density at radius 3 is 1.59 bits per heavy atom. The van der Waals surface area contributed by atoms with Gasteiger partial charge in [0, 0.05) is 49.4 Å². The summed E-state index contributed by atoms with van der Waals surface area (Å²) in [5.41, 5.74) is 15.4. The smallest absolute Gasteiger partial charge is 0.238 e. The van der Waals surface area contributed by atoms with Gasteiger partial charge in [-0.3, -0.25) is 4.57 Å². The highest BCUT2D eigenvalue weighted by Gasteiger charge is 2.25. The predicted molar refractivity (Wildman–Crippen MR) is 282 cm³/mol. The van der Waals surface area contributed by atoms with Gasteiger partial charge in [-0.1, -0.05) is 200 Å². The molecule has 0 fully saturated rings. The topological polar surface area (TPSA) is 61.4 Å². The average molecular weight is 873 g/mol. The molecule has 0 aliphatic carbocycles. The molecule has 6 heteroatoms. The minimum atomic E-state index is 0.546. The molecule has 0 atom stereocenters. The zero-order valence-corrected chi connectivity index (χ0v) is 37.6. The second-order valence-corrected chi connectivity index (χ2v) is 16.9. The van der Waals surface area contributed by atoms with Gasteiger partial charge in [-0.25, -0.2) is 9.97 Å². The summed E-state index contributed by atoms with van der Waals surface area (Å²) in [5.74, 6) is 1.76. The summed E-state index contributed by atoms with van der Waals surface area (Å²) in [6.45, 7) is 4.04. The van der Waals surface area contributed by atoms with Gasteiger partial charge in [0.05, 0.1) is 39.1 Å². The van der Waals surface area contributed by atoms with Crippen molar-refractivity contribution in [1.29, 1.82) is 0 Å². The van der Waals surface area contributed by atoms with Crippen LogP contribution in [0.4, 0.5) is 0 Å². The van der Waals surface area contributed by atoms with Crippen LogP contribution in [0, 0.1) is 0 Å². The van der Waals surface area contributed by atoms with Gasteiger partial charge in [-0.2, -0.15) is 9.97 Å². The zero-order valence-electron chi connectivity index (χ0n) is 37.6. The molecular formula is C62H44N6. The van der Waals surface area contributed by atoms with Gasteiger partial charge in [0.1, 0.15) is 0 Å². The first-order chi connectivity index (χ1) is 33.7. The number of benzene rings is 8. The average Bonchev–Trinajstić information content (AvgIpc) is 3.94. The van der Waals surface area contributed by atoms with Crippen molar-refractivity contribution in [2.45, 2.75) is 13.8 Å². The van der Waals surface area contributed by atoms with E-state index < -0.39 is 0 Å². The number of pyridine rings is 1. The normalized spacial score (nSPS) is 12.0. The third kappa shape index (κ3) is 6.90. The quantitative estimate of drug-likeness (QED) is 0.136. The van der Waals surface area contributed by atoms with Crippen LogP contribution in [0.3, 0.4) is 0 Å². The van der Waals surface area contributed by atoms with E-state index in [4.69, 9.17) is 19.9 Å². The molecule has 68 heavy (non-hydrogen) atoms. The Hall–Kier alpha value is -9.00. The third-order valence-electron chi connectivity index (χ3n) is 12.9. The molecular weight excluding hydrogens is 829 g/mol. The molecule has 12 aromatic rings. The van der Waals surface area contributed by atoms with Crippen molar-refractivity contribution in [1.82, 2.24) is 29.1 Å². The van der Waals surface area contributed by atoms with Crippen molar-refractivity contribution < 1.29 is 0 Å². The lowest BCUT2D eigenvalue weighted by Gasteiger charge is -2.18. The maximum absolute atomic E-state index is 5.42. The van der Waals surface area contributed by atoms with E-state index in [1.807, 2.05) is 38.1 Å². The van der Waals surface area contributed by atoms with E-state index in [0.717, 1.165) is 105 Å². The van der Waals surface area contributed by atoms with E-state index in [0.29, 0.717) is 17.6 Å². The van der Waals surface area contributed by atoms with Gasteiger partial charge in [0.15, 0.2) is 11.6 Å². The van der Waals surface area contributed by atoms with Crippen LogP contribution in [-0.2, 0) is 0 Å². The van der Waals surface area contributed by atoms with Gasteiger partial charge in [-0.15, -0.1) is 0 Å². The largest absolute Gasteiger partial charge is 0.307 e. The Morgan fingerprint density at radius 2 is 0.926 bits per heavy atom. The number of nitrogens with zero attached hydrogens (tertiary/aromatic N) is 6. The molecule has 0 N–H and O–H groups in total. The first-order valence-corrected chi connectivity index (χ1v) is 23.1. The van der Waals surface area contributed by atoms with E-state index in [9.17, 15) is 0 Å². The molecule has 0 aliphatic heterocycles. The summed E-state index contributed by atoms with van der Waals surface area (Å²) in [7, 11) is 0. The van der Waals surface area contributed by atoms with Crippen molar-refractivity contribution in [3.05, 3.63) is 236 Å². The van der Waals surface area contributed by atoms with E-state index in [2.05, 4.69) is 215 Å². The predicted octanol–water partition coefficient (Wildman–Crippen LogP) is 15.8. The van der Waals surface area contributed by atoms with Crippen molar-refractivity contribution in [2.75, 3.05) is 0 Å². The second-order valence-electron chi connectivity index (χ2n) is 16.9. The van der Waals surface area contributed by atoms with Gasteiger partial charge in [0.2, 0.25) is 5.95 Å². The Labute approximate surface area is 394 Å². The lowest BCUT2D eigenvalue weighted by Crippen LogP contribution is -2.08. The summed E-state index contributed by atoms with van der Waals surface area (Å²) < 4.78 is 4.71. The molecule has 4 heterocycles.